The molecule has 0 bridgehead atoms. The minimum Gasteiger partial charge on any atom is -0.353 e. The van der Waals surface area contributed by atoms with E-state index in [0.29, 0.717) is 6.04 Å². The fourth-order valence-electron chi connectivity index (χ4n) is 1.38. The fourth-order valence-corrected chi connectivity index (χ4v) is 1.38. The summed E-state index contributed by atoms with van der Waals surface area (Å²) in [6, 6.07) is 0.499. The van der Waals surface area contributed by atoms with Crippen LogP contribution in [-0.2, 0) is 7.05 Å². The number of nitrogens with zero attached hydrogens (tertiary/aromatic N) is 2. The van der Waals surface area contributed by atoms with Gasteiger partial charge in [0.1, 0.15) is 0 Å². The molecule has 14 heavy (non-hydrogen) atoms. The summed E-state index contributed by atoms with van der Waals surface area (Å²) in [6.07, 6.45) is 6.23. The third-order valence-electron chi connectivity index (χ3n) is 2.37. The van der Waals surface area contributed by atoms with Crippen LogP contribution in [0.25, 0.3) is 0 Å². The van der Waals surface area contributed by atoms with Gasteiger partial charge in [0.25, 0.3) is 0 Å². The minimum absolute atomic E-state index is 0.499. The van der Waals surface area contributed by atoms with Gasteiger partial charge in [0.05, 0.1) is 0 Å². The molecule has 0 saturated carbocycles. The van der Waals surface area contributed by atoms with E-state index in [-0.39, 0.29) is 0 Å². The lowest BCUT2D eigenvalue weighted by molar-refractivity contribution is 0.525. The highest BCUT2D eigenvalue weighted by molar-refractivity contribution is 5.26. The standard InChI is InChI=1S/C11H21N3/c1-9(2)5-6-10(3)13-11-12-7-8-14(11)4/h7-10H,5-6H2,1-4H3,(H,12,13). The number of rotatable bonds is 5. The summed E-state index contributed by atoms with van der Waals surface area (Å²) in [5.74, 6) is 1.74. The Morgan fingerprint density at radius 1 is 1.36 bits per heavy atom. The molecule has 1 atom stereocenters. The Bertz CT molecular complexity index is 265. The zero-order valence-electron chi connectivity index (χ0n) is 9.62. The molecule has 80 valence electrons. The maximum absolute atomic E-state index is 4.23. The zero-order chi connectivity index (χ0) is 10.6. The molecule has 0 aliphatic carbocycles. The van der Waals surface area contributed by atoms with Crippen molar-refractivity contribution in [1.29, 1.82) is 0 Å². The van der Waals surface area contributed by atoms with Gasteiger partial charge in [0.2, 0.25) is 5.95 Å². The van der Waals surface area contributed by atoms with E-state index in [1.165, 1.54) is 12.8 Å². The van der Waals surface area contributed by atoms with Crippen LogP contribution in [-0.4, -0.2) is 15.6 Å². The van der Waals surface area contributed by atoms with E-state index in [1.54, 1.807) is 0 Å². The van der Waals surface area contributed by atoms with Crippen molar-refractivity contribution in [2.24, 2.45) is 13.0 Å². The van der Waals surface area contributed by atoms with Gasteiger partial charge in [0, 0.05) is 25.5 Å². The molecule has 0 saturated heterocycles. The Balaban J connectivity index is 2.34. The van der Waals surface area contributed by atoms with Crippen molar-refractivity contribution in [1.82, 2.24) is 9.55 Å². The monoisotopic (exact) mass is 195 g/mol. The molecule has 0 aromatic carbocycles. The second kappa shape index (κ2) is 5.03. The molecule has 0 aliphatic rings. The Kier molecular flexibility index (Phi) is 3.98. The van der Waals surface area contributed by atoms with Crippen LogP contribution in [0.4, 0.5) is 5.95 Å². The van der Waals surface area contributed by atoms with Crippen molar-refractivity contribution in [3.8, 4) is 0 Å². The number of aromatic nitrogens is 2. The molecule has 0 amide bonds. The van der Waals surface area contributed by atoms with E-state index in [2.05, 4.69) is 31.1 Å². The maximum atomic E-state index is 4.23. The van der Waals surface area contributed by atoms with Gasteiger partial charge in [-0.1, -0.05) is 13.8 Å². The van der Waals surface area contributed by atoms with E-state index in [0.717, 1.165) is 11.9 Å². The SMILES string of the molecule is CC(C)CCC(C)Nc1nccn1C. The van der Waals surface area contributed by atoms with Crippen molar-refractivity contribution in [2.75, 3.05) is 5.32 Å². The summed E-state index contributed by atoms with van der Waals surface area (Å²) in [4.78, 5) is 4.23. The first-order valence-electron chi connectivity index (χ1n) is 5.33. The Hall–Kier alpha value is -0.990. The molecule has 1 rings (SSSR count). The molecule has 1 heterocycles. The predicted molar refractivity (Wildman–Crippen MR) is 60.4 cm³/mol. The molecule has 1 aromatic heterocycles. The lowest BCUT2D eigenvalue weighted by Gasteiger charge is -2.15. The zero-order valence-corrected chi connectivity index (χ0v) is 9.62. The molecule has 0 aliphatic heterocycles. The topological polar surface area (TPSA) is 29.9 Å². The average Bonchev–Trinajstić information content (AvgIpc) is 2.49. The number of aryl methyl sites for hydroxylation is 1. The van der Waals surface area contributed by atoms with Gasteiger partial charge in [-0.15, -0.1) is 0 Å². The van der Waals surface area contributed by atoms with Crippen molar-refractivity contribution in [3.05, 3.63) is 12.4 Å². The molecule has 0 fully saturated rings. The lowest BCUT2D eigenvalue weighted by Crippen LogP contribution is -2.18. The molecule has 3 heteroatoms. The highest BCUT2D eigenvalue weighted by Gasteiger charge is 2.05. The lowest BCUT2D eigenvalue weighted by atomic mass is 10.0. The van der Waals surface area contributed by atoms with Gasteiger partial charge in [-0.25, -0.2) is 4.98 Å². The third-order valence-corrected chi connectivity index (χ3v) is 2.37. The second-order valence-corrected chi connectivity index (χ2v) is 4.38. The van der Waals surface area contributed by atoms with Crippen LogP contribution < -0.4 is 5.32 Å². The van der Waals surface area contributed by atoms with Crippen LogP contribution in [0.5, 0.6) is 0 Å². The summed E-state index contributed by atoms with van der Waals surface area (Å²) < 4.78 is 2.01. The van der Waals surface area contributed by atoms with Crippen molar-refractivity contribution >= 4 is 5.95 Å². The highest BCUT2D eigenvalue weighted by Crippen LogP contribution is 2.10. The van der Waals surface area contributed by atoms with E-state index in [9.17, 15) is 0 Å². The van der Waals surface area contributed by atoms with Crippen LogP contribution >= 0.6 is 0 Å². The number of nitrogens with one attached hydrogen (secondary N) is 1. The van der Waals surface area contributed by atoms with Crippen LogP contribution in [0.1, 0.15) is 33.6 Å². The van der Waals surface area contributed by atoms with E-state index >= 15 is 0 Å². The molecule has 1 N–H and O–H groups in total. The summed E-state index contributed by atoms with van der Waals surface area (Å²) in [7, 11) is 2.00. The quantitative estimate of drug-likeness (QED) is 0.782. The summed E-state index contributed by atoms with van der Waals surface area (Å²) in [6.45, 7) is 6.72. The van der Waals surface area contributed by atoms with E-state index < -0.39 is 0 Å². The molecule has 1 aromatic rings. The molecular weight excluding hydrogens is 174 g/mol. The molecular formula is C11H21N3. The van der Waals surface area contributed by atoms with Crippen LogP contribution in [0.15, 0.2) is 12.4 Å². The van der Waals surface area contributed by atoms with Gasteiger partial charge >= 0.3 is 0 Å². The molecule has 0 radical (unpaired) electrons. The van der Waals surface area contributed by atoms with Crippen LogP contribution in [0.3, 0.4) is 0 Å². The first kappa shape index (κ1) is 11.1. The van der Waals surface area contributed by atoms with Gasteiger partial charge in [-0.05, 0) is 25.7 Å². The van der Waals surface area contributed by atoms with Crippen molar-refractivity contribution < 1.29 is 0 Å². The fraction of sp³-hybridized carbons (Fsp3) is 0.727. The first-order valence-corrected chi connectivity index (χ1v) is 5.33. The van der Waals surface area contributed by atoms with Gasteiger partial charge in [-0.2, -0.15) is 0 Å². The summed E-state index contributed by atoms with van der Waals surface area (Å²) >= 11 is 0. The largest absolute Gasteiger partial charge is 0.353 e. The Morgan fingerprint density at radius 2 is 2.07 bits per heavy atom. The van der Waals surface area contributed by atoms with Crippen LogP contribution in [0.2, 0.25) is 0 Å². The van der Waals surface area contributed by atoms with Gasteiger partial charge in [-0.3, -0.25) is 0 Å². The van der Waals surface area contributed by atoms with Crippen molar-refractivity contribution in [3.63, 3.8) is 0 Å². The molecule has 1 unspecified atom stereocenters. The molecule has 3 nitrogen and oxygen atoms in total. The van der Waals surface area contributed by atoms with Crippen LogP contribution in [0, 0.1) is 5.92 Å². The highest BCUT2D eigenvalue weighted by atomic mass is 15.2. The number of hydrogen-bond donors (Lipinski definition) is 1. The Morgan fingerprint density at radius 3 is 2.57 bits per heavy atom. The summed E-state index contributed by atoms with van der Waals surface area (Å²) in [5.41, 5.74) is 0. The third kappa shape index (κ3) is 3.40. The molecule has 0 spiro atoms. The minimum atomic E-state index is 0.499. The maximum Gasteiger partial charge on any atom is 0.202 e. The number of hydrogen-bond acceptors (Lipinski definition) is 2. The van der Waals surface area contributed by atoms with Gasteiger partial charge < -0.3 is 9.88 Å². The van der Waals surface area contributed by atoms with E-state index in [1.807, 2.05) is 24.0 Å². The summed E-state index contributed by atoms with van der Waals surface area (Å²) in [5, 5.41) is 3.40. The average molecular weight is 195 g/mol. The van der Waals surface area contributed by atoms with Gasteiger partial charge in [0.15, 0.2) is 0 Å². The van der Waals surface area contributed by atoms with Crippen molar-refractivity contribution in [2.45, 2.75) is 39.7 Å². The first-order chi connectivity index (χ1) is 6.59. The number of imidazole rings is 1. The Labute approximate surface area is 86.5 Å². The predicted octanol–water partition coefficient (Wildman–Crippen LogP) is 2.66. The van der Waals surface area contributed by atoms with E-state index in [4.69, 9.17) is 0 Å². The smallest absolute Gasteiger partial charge is 0.202 e. The second-order valence-electron chi connectivity index (χ2n) is 4.38. The normalized spacial score (nSPS) is 13.2. The number of anilines is 1.